The number of nitrogens with zero attached hydrogens (tertiary/aromatic N) is 3. The SMILES string of the molecule is Fc1ccccc1N1CC[NH+](Cc2nc(-c3ccccc3)no2)CC1. The van der Waals surface area contributed by atoms with Gasteiger partial charge < -0.3 is 14.3 Å². The highest BCUT2D eigenvalue weighted by molar-refractivity contribution is 5.53. The summed E-state index contributed by atoms with van der Waals surface area (Å²) in [6, 6.07) is 16.8. The molecule has 0 saturated carbocycles. The van der Waals surface area contributed by atoms with Crippen molar-refractivity contribution in [1.29, 1.82) is 0 Å². The van der Waals surface area contributed by atoms with Gasteiger partial charge in [-0.3, -0.25) is 0 Å². The van der Waals surface area contributed by atoms with Gasteiger partial charge in [0.15, 0.2) is 6.54 Å². The molecule has 1 fully saturated rings. The first-order valence-corrected chi connectivity index (χ1v) is 8.50. The maximum atomic E-state index is 13.9. The van der Waals surface area contributed by atoms with E-state index < -0.39 is 0 Å². The summed E-state index contributed by atoms with van der Waals surface area (Å²) in [6.45, 7) is 4.16. The second kappa shape index (κ2) is 7.03. The van der Waals surface area contributed by atoms with Gasteiger partial charge in [0, 0.05) is 5.56 Å². The van der Waals surface area contributed by atoms with Crippen molar-refractivity contribution in [3.63, 3.8) is 0 Å². The van der Waals surface area contributed by atoms with E-state index >= 15 is 0 Å². The first kappa shape index (κ1) is 15.8. The van der Waals surface area contributed by atoms with Gasteiger partial charge in [0.25, 0.3) is 5.89 Å². The monoisotopic (exact) mass is 339 g/mol. The molecular formula is C19H20FN4O+. The number of rotatable bonds is 4. The number of piperazine rings is 1. The Kier molecular flexibility index (Phi) is 4.43. The van der Waals surface area contributed by atoms with Gasteiger partial charge in [0.2, 0.25) is 5.82 Å². The Labute approximate surface area is 145 Å². The molecule has 0 atom stereocenters. The number of para-hydroxylation sites is 1. The molecular weight excluding hydrogens is 319 g/mol. The van der Waals surface area contributed by atoms with E-state index in [4.69, 9.17) is 4.52 Å². The molecule has 1 aliphatic heterocycles. The Morgan fingerprint density at radius 3 is 2.48 bits per heavy atom. The fourth-order valence-electron chi connectivity index (χ4n) is 3.19. The van der Waals surface area contributed by atoms with Gasteiger partial charge in [-0.1, -0.05) is 47.6 Å². The van der Waals surface area contributed by atoms with Gasteiger partial charge in [0.1, 0.15) is 5.82 Å². The van der Waals surface area contributed by atoms with Crippen LogP contribution in [0.1, 0.15) is 5.89 Å². The Morgan fingerprint density at radius 1 is 1.00 bits per heavy atom. The Morgan fingerprint density at radius 2 is 1.72 bits per heavy atom. The largest absolute Gasteiger partial charge is 0.358 e. The van der Waals surface area contributed by atoms with E-state index in [0.29, 0.717) is 23.9 Å². The lowest BCUT2D eigenvalue weighted by molar-refractivity contribution is -0.915. The minimum Gasteiger partial charge on any atom is -0.358 e. The summed E-state index contributed by atoms with van der Waals surface area (Å²) in [5, 5.41) is 4.07. The van der Waals surface area contributed by atoms with Crippen molar-refractivity contribution in [1.82, 2.24) is 10.1 Å². The zero-order valence-electron chi connectivity index (χ0n) is 13.9. The van der Waals surface area contributed by atoms with Crippen molar-refractivity contribution in [3.8, 4) is 11.4 Å². The number of halogens is 1. The highest BCUT2D eigenvalue weighted by Gasteiger charge is 2.24. The zero-order valence-corrected chi connectivity index (χ0v) is 13.9. The normalized spacial score (nSPS) is 15.5. The van der Waals surface area contributed by atoms with Crippen LogP contribution in [0.25, 0.3) is 11.4 Å². The van der Waals surface area contributed by atoms with Crippen LogP contribution in [0.15, 0.2) is 59.1 Å². The van der Waals surface area contributed by atoms with E-state index in [9.17, 15) is 4.39 Å². The summed E-state index contributed by atoms with van der Waals surface area (Å²) in [7, 11) is 0. The summed E-state index contributed by atoms with van der Waals surface area (Å²) >= 11 is 0. The van der Waals surface area contributed by atoms with Crippen LogP contribution < -0.4 is 9.80 Å². The second-order valence-electron chi connectivity index (χ2n) is 6.24. The lowest BCUT2D eigenvalue weighted by atomic mass is 10.2. The lowest BCUT2D eigenvalue weighted by Crippen LogP contribution is -3.13. The third-order valence-corrected chi connectivity index (χ3v) is 4.56. The van der Waals surface area contributed by atoms with Gasteiger partial charge in [-0.15, -0.1) is 0 Å². The van der Waals surface area contributed by atoms with Crippen molar-refractivity contribution >= 4 is 5.69 Å². The van der Waals surface area contributed by atoms with Gasteiger partial charge >= 0.3 is 0 Å². The number of hydrogen-bond acceptors (Lipinski definition) is 4. The predicted octanol–water partition coefficient (Wildman–Crippen LogP) is 1.78. The minimum absolute atomic E-state index is 0.157. The van der Waals surface area contributed by atoms with Gasteiger partial charge in [-0.2, -0.15) is 4.98 Å². The van der Waals surface area contributed by atoms with Crippen LogP contribution in [0.4, 0.5) is 10.1 Å². The highest BCUT2D eigenvalue weighted by atomic mass is 19.1. The average molecular weight is 339 g/mol. The van der Waals surface area contributed by atoms with Gasteiger partial charge in [-0.25, -0.2) is 4.39 Å². The first-order valence-electron chi connectivity index (χ1n) is 8.50. The predicted molar refractivity (Wildman–Crippen MR) is 92.7 cm³/mol. The molecule has 1 N–H and O–H groups in total. The molecule has 0 unspecified atom stereocenters. The summed E-state index contributed by atoms with van der Waals surface area (Å²) in [5.74, 6) is 1.11. The number of anilines is 1. The van der Waals surface area contributed by atoms with E-state index in [1.807, 2.05) is 42.5 Å². The van der Waals surface area contributed by atoms with Crippen LogP contribution in [0, 0.1) is 5.82 Å². The number of hydrogen-bond donors (Lipinski definition) is 1. The molecule has 25 heavy (non-hydrogen) atoms. The van der Waals surface area contributed by atoms with E-state index in [1.54, 1.807) is 6.07 Å². The van der Waals surface area contributed by atoms with E-state index in [0.717, 1.165) is 31.7 Å². The summed E-state index contributed by atoms with van der Waals surface area (Å²) < 4.78 is 19.3. The lowest BCUT2D eigenvalue weighted by Gasteiger charge is -2.33. The molecule has 0 bridgehead atoms. The number of nitrogens with one attached hydrogen (secondary N) is 1. The molecule has 128 valence electrons. The topological polar surface area (TPSA) is 46.6 Å². The summed E-state index contributed by atoms with van der Waals surface area (Å²) in [6.07, 6.45) is 0. The molecule has 2 heterocycles. The van der Waals surface area contributed by atoms with Gasteiger partial charge in [-0.05, 0) is 12.1 Å². The molecule has 0 spiro atoms. The molecule has 5 nitrogen and oxygen atoms in total. The van der Waals surface area contributed by atoms with Crippen molar-refractivity contribution in [2.75, 3.05) is 31.1 Å². The molecule has 0 radical (unpaired) electrons. The third kappa shape index (κ3) is 3.53. The van der Waals surface area contributed by atoms with Crippen molar-refractivity contribution in [2.24, 2.45) is 0 Å². The van der Waals surface area contributed by atoms with Crippen LogP contribution in [-0.2, 0) is 6.54 Å². The van der Waals surface area contributed by atoms with Crippen LogP contribution in [0.2, 0.25) is 0 Å². The Hall–Kier alpha value is -2.73. The van der Waals surface area contributed by atoms with Crippen LogP contribution in [0.3, 0.4) is 0 Å². The maximum absolute atomic E-state index is 13.9. The average Bonchev–Trinajstić information content (AvgIpc) is 3.12. The summed E-state index contributed by atoms with van der Waals surface area (Å²) in [5.41, 5.74) is 1.64. The maximum Gasteiger partial charge on any atom is 0.282 e. The smallest absolute Gasteiger partial charge is 0.282 e. The Balaban J connectivity index is 1.36. The first-order chi connectivity index (χ1) is 12.3. The van der Waals surface area contributed by atoms with Crippen LogP contribution in [0.5, 0.6) is 0 Å². The molecule has 1 saturated heterocycles. The third-order valence-electron chi connectivity index (χ3n) is 4.56. The molecule has 6 heteroatoms. The van der Waals surface area contributed by atoms with E-state index in [2.05, 4.69) is 15.0 Å². The second-order valence-corrected chi connectivity index (χ2v) is 6.24. The zero-order chi connectivity index (χ0) is 17.1. The fourth-order valence-corrected chi connectivity index (χ4v) is 3.19. The van der Waals surface area contributed by atoms with Crippen molar-refractivity contribution in [2.45, 2.75) is 6.54 Å². The van der Waals surface area contributed by atoms with E-state index in [1.165, 1.54) is 11.0 Å². The summed E-state index contributed by atoms with van der Waals surface area (Å²) in [4.78, 5) is 7.96. The van der Waals surface area contributed by atoms with Crippen LogP contribution >= 0.6 is 0 Å². The van der Waals surface area contributed by atoms with E-state index in [-0.39, 0.29) is 5.82 Å². The van der Waals surface area contributed by atoms with Crippen LogP contribution in [-0.4, -0.2) is 36.3 Å². The molecule has 1 aliphatic rings. The quantitative estimate of drug-likeness (QED) is 0.787. The van der Waals surface area contributed by atoms with Gasteiger partial charge in [0.05, 0.1) is 31.9 Å². The molecule has 2 aromatic carbocycles. The number of benzene rings is 2. The molecule has 0 aliphatic carbocycles. The minimum atomic E-state index is -0.157. The number of aromatic nitrogens is 2. The fraction of sp³-hybridized carbons (Fsp3) is 0.263. The molecule has 4 rings (SSSR count). The molecule has 1 aromatic heterocycles. The Bertz CT molecular complexity index is 828. The molecule has 3 aromatic rings. The van der Waals surface area contributed by atoms with Crippen molar-refractivity contribution < 1.29 is 13.8 Å². The standard InChI is InChI=1S/C19H19FN4O/c20-16-8-4-5-9-17(16)24-12-10-23(11-13-24)14-18-21-19(22-25-18)15-6-2-1-3-7-15/h1-9H,10-14H2/p+1. The van der Waals surface area contributed by atoms with Crippen molar-refractivity contribution in [3.05, 3.63) is 66.3 Å². The highest BCUT2D eigenvalue weighted by Crippen LogP contribution is 2.18. The number of quaternary nitrogens is 1. The molecule has 0 amide bonds.